The summed E-state index contributed by atoms with van der Waals surface area (Å²) in [6, 6.07) is 15.7. The van der Waals surface area contributed by atoms with Crippen molar-refractivity contribution in [1.29, 1.82) is 0 Å². The minimum absolute atomic E-state index is 0.0490. The summed E-state index contributed by atoms with van der Waals surface area (Å²) in [6.45, 7) is 0.771. The predicted molar refractivity (Wildman–Crippen MR) is 79.0 cm³/mol. The fraction of sp³-hybridized carbons (Fsp3) is 0.235. The van der Waals surface area contributed by atoms with E-state index in [2.05, 4.69) is 11.4 Å². The largest absolute Gasteiger partial charge is 0.493 e. The molecule has 0 fully saturated rings. The number of anilines is 1. The van der Waals surface area contributed by atoms with Gasteiger partial charge in [0, 0.05) is 18.5 Å². The van der Waals surface area contributed by atoms with Crippen LogP contribution in [0.2, 0.25) is 0 Å². The van der Waals surface area contributed by atoms with Crippen LogP contribution in [0, 0.1) is 0 Å². The van der Waals surface area contributed by atoms with Crippen LogP contribution in [0.3, 0.4) is 0 Å². The SMILES string of the molecule is O=C(CCc1ccc2c(c1)CCO2)Nc1ccccc1. The smallest absolute Gasteiger partial charge is 0.224 e. The van der Waals surface area contributed by atoms with Crippen LogP contribution >= 0.6 is 0 Å². The van der Waals surface area contributed by atoms with Crippen LogP contribution in [0.25, 0.3) is 0 Å². The Labute approximate surface area is 118 Å². The lowest BCUT2D eigenvalue weighted by atomic mass is 10.0. The molecular weight excluding hydrogens is 250 g/mol. The van der Waals surface area contributed by atoms with Crippen molar-refractivity contribution in [2.75, 3.05) is 11.9 Å². The summed E-state index contributed by atoms with van der Waals surface area (Å²) in [5, 5.41) is 2.90. The molecule has 0 unspecified atom stereocenters. The maximum atomic E-state index is 11.9. The Morgan fingerprint density at radius 2 is 2.00 bits per heavy atom. The summed E-state index contributed by atoms with van der Waals surface area (Å²) >= 11 is 0. The molecule has 0 radical (unpaired) electrons. The monoisotopic (exact) mass is 267 g/mol. The van der Waals surface area contributed by atoms with E-state index in [9.17, 15) is 4.79 Å². The molecular formula is C17H17NO2. The molecule has 102 valence electrons. The molecule has 0 bridgehead atoms. The van der Waals surface area contributed by atoms with Crippen LogP contribution in [0.1, 0.15) is 17.5 Å². The molecule has 0 saturated heterocycles. The van der Waals surface area contributed by atoms with E-state index in [1.807, 2.05) is 42.5 Å². The maximum absolute atomic E-state index is 11.9. The van der Waals surface area contributed by atoms with Crippen molar-refractivity contribution in [2.45, 2.75) is 19.3 Å². The van der Waals surface area contributed by atoms with E-state index < -0.39 is 0 Å². The molecule has 0 saturated carbocycles. The first-order valence-electron chi connectivity index (χ1n) is 6.91. The number of ether oxygens (including phenoxy) is 1. The average Bonchev–Trinajstić information content (AvgIpc) is 2.93. The summed E-state index contributed by atoms with van der Waals surface area (Å²) in [5.74, 6) is 1.04. The zero-order chi connectivity index (χ0) is 13.8. The zero-order valence-corrected chi connectivity index (χ0v) is 11.3. The Bertz CT molecular complexity index is 608. The minimum Gasteiger partial charge on any atom is -0.493 e. The highest BCUT2D eigenvalue weighted by atomic mass is 16.5. The van der Waals surface area contributed by atoms with Gasteiger partial charge in [-0.1, -0.05) is 30.3 Å². The molecule has 1 N–H and O–H groups in total. The summed E-state index contributed by atoms with van der Waals surface area (Å²) in [5.41, 5.74) is 3.29. The molecule has 1 aliphatic rings. The molecule has 0 atom stereocenters. The van der Waals surface area contributed by atoms with Crippen LogP contribution in [0.5, 0.6) is 5.75 Å². The van der Waals surface area contributed by atoms with Gasteiger partial charge in [0.15, 0.2) is 0 Å². The molecule has 1 aliphatic heterocycles. The molecule has 0 spiro atoms. The van der Waals surface area contributed by atoms with E-state index in [1.165, 1.54) is 11.1 Å². The van der Waals surface area contributed by atoms with Gasteiger partial charge in [-0.15, -0.1) is 0 Å². The maximum Gasteiger partial charge on any atom is 0.224 e. The second kappa shape index (κ2) is 5.78. The number of rotatable bonds is 4. The standard InChI is InChI=1S/C17H17NO2/c19-17(18-15-4-2-1-3-5-15)9-7-13-6-8-16-14(12-13)10-11-20-16/h1-6,8,12H,7,9-11H2,(H,18,19). The Morgan fingerprint density at radius 1 is 1.15 bits per heavy atom. The summed E-state index contributed by atoms with van der Waals surface area (Å²) < 4.78 is 5.48. The van der Waals surface area contributed by atoms with Crippen LogP contribution < -0.4 is 10.1 Å². The molecule has 20 heavy (non-hydrogen) atoms. The highest BCUT2D eigenvalue weighted by molar-refractivity contribution is 5.90. The number of amides is 1. The molecule has 0 aliphatic carbocycles. The summed E-state index contributed by atoms with van der Waals surface area (Å²) in [7, 11) is 0. The van der Waals surface area contributed by atoms with Gasteiger partial charge in [0.1, 0.15) is 5.75 Å². The third-order valence-corrected chi connectivity index (χ3v) is 3.45. The van der Waals surface area contributed by atoms with E-state index in [1.54, 1.807) is 0 Å². The molecule has 3 heteroatoms. The average molecular weight is 267 g/mol. The second-order valence-electron chi connectivity index (χ2n) is 4.95. The van der Waals surface area contributed by atoms with Gasteiger partial charge in [-0.3, -0.25) is 4.79 Å². The lowest BCUT2D eigenvalue weighted by Gasteiger charge is -2.06. The van der Waals surface area contributed by atoms with E-state index in [0.717, 1.165) is 30.9 Å². The van der Waals surface area contributed by atoms with Crippen molar-refractivity contribution in [3.63, 3.8) is 0 Å². The second-order valence-corrected chi connectivity index (χ2v) is 4.95. The number of hydrogen-bond donors (Lipinski definition) is 1. The number of carbonyl (C=O) groups excluding carboxylic acids is 1. The first-order valence-corrected chi connectivity index (χ1v) is 6.91. The molecule has 2 aromatic rings. The minimum atomic E-state index is 0.0490. The van der Waals surface area contributed by atoms with Crippen LogP contribution in [-0.2, 0) is 17.6 Å². The van der Waals surface area contributed by atoms with Gasteiger partial charge in [-0.05, 0) is 35.7 Å². The Morgan fingerprint density at radius 3 is 2.85 bits per heavy atom. The van der Waals surface area contributed by atoms with Crippen molar-refractivity contribution < 1.29 is 9.53 Å². The highest BCUT2D eigenvalue weighted by Gasteiger charge is 2.12. The summed E-state index contributed by atoms with van der Waals surface area (Å²) in [4.78, 5) is 11.9. The van der Waals surface area contributed by atoms with Gasteiger partial charge >= 0.3 is 0 Å². The number of para-hydroxylation sites is 1. The van der Waals surface area contributed by atoms with Gasteiger partial charge in [0.2, 0.25) is 5.91 Å². The van der Waals surface area contributed by atoms with E-state index in [0.29, 0.717) is 6.42 Å². The van der Waals surface area contributed by atoms with Crippen molar-refractivity contribution >= 4 is 11.6 Å². The number of nitrogens with one attached hydrogen (secondary N) is 1. The lowest BCUT2D eigenvalue weighted by Crippen LogP contribution is -2.12. The van der Waals surface area contributed by atoms with E-state index >= 15 is 0 Å². The number of fused-ring (bicyclic) bond motifs is 1. The van der Waals surface area contributed by atoms with Gasteiger partial charge in [0.25, 0.3) is 0 Å². The van der Waals surface area contributed by atoms with Gasteiger partial charge in [0.05, 0.1) is 6.61 Å². The lowest BCUT2D eigenvalue weighted by molar-refractivity contribution is -0.116. The van der Waals surface area contributed by atoms with Gasteiger partial charge in [-0.25, -0.2) is 0 Å². The van der Waals surface area contributed by atoms with E-state index in [-0.39, 0.29) is 5.91 Å². The Kier molecular flexibility index (Phi) is 3.68. The van der Waals surface area contributed by atoms with Crippen molar-refractivity contribution in [2.24, 2.45) is 0 Å². The summed E-state index contributed by atoms with van der Waals surface area (Å²) in [6.07, 6.45) is 2.22. The number of benzene rings is 2. The third-order valence-electron chi connectivity index (χ3n) is 3.45. The van der Waals surface area contributed by atoms with Crippen LogP contribution in [-0.4, -0.2) is 12.5 Å². The molecule has 1 heterocycles. The number of carbonyl (C=O) groups is 1. The number of hydrogen-bond acceptors (Lipinski definition) is 2. The molecule has 3 nitrogen and oxygen atoms in total. The molecule has 1 amide bonds. The molecule has 2 aromatic carbocycles. The van der Waals surface area contributed by atoms with Crippen LogP contribution in [0.4, 0.5) is 5.69 Å². The zero-order valence-electron chi connectivity index (χ0n) is 11.3. The fourth-order valence-corrected chi connectivity index (χ4v) is 2.40. The van der Waals surface area contributed by atoms with Gasteiger partial charge < -0.3 is 10.1 Å². The quantitative estimate of drug-likeness (QED) is 0.924. The van der Waals surface area contributed by atoms with E-state index in [4.69, 9.17) is 4.74 Å². The third kappa shape index (κ3) is 2.99. The first kappa shape index (κ1) is 12.7. The predicted octanol–water partition coefficient (Wildman–Crippen LogP) is 3.19. The van der Waals surface area contributed by atoms with Crippen molar-refractivity contribution in [3.05, 3.63) is 59.7 Å². The first-order chi connectivity index (χ1) is 9.81. The van der Waals surface area contributed by atoms with Crippen molar-refractivity contribution in [1.82, 2.24) is 0 Å². The number of aryl methyl sites for hydroxylation is 1. The molecule has 0 aromatic heterocycles. The van der Waals surface area contributed by atoms with Crippen molar-refractivity contribution in [3.8, 4) is 5.75 Å². The Balaban J connectivity index is 1.55. The van der Waals surface area contributed by atoms with Crippen LogP contribution in [0.15, 0.2) is 48.5 Å². The highest BCUT2D eigenvalue weighted by Crippen LogP contribution is 2.26. The molecule has 3 rings (SSSR count). The normalized spacial score (nSPS) is 12.6. The van der Waals surface area contributed by atoms with Gasteiger partial charge in [-0.2, -0.15) is 0 Å². The fourth-order valence-electron chi connectivity index (χ4n) is 2.40. The Hall–Kier alpha value is -2.29. The topological polar surface area (TPSA) is 38.3 Å².